The Morgan fingerprint density at radius 2 is 1.75 bits per heavy atom. The van der Waals surface area contributed by atoms with E-state index in [1.807, 2.05) is 4.72 Å². The van der Waals surface area contributed by atoms with Crippen LogP contribution in [-0.4, -0.2) is 51.7 Å². The molecule has 0 fully saturated rings. The molecule has 16 heavy (non-hydrogen) atoms. The van der Waals surface area contributed by atoms with Crippen LogP contribution in [0.3, 0.4) is 0 Å². The predicted octanol–water partition coefficient (Wildman–Crippen LogP) is -1.19. The maximum Gasteiger partial charge on any atom is 0.321 e. The van der Waals surface area contributed by atoms with Crippen LogP contribution in [0.5, 0.6) is 0 Å². The van der Waals surface area contributed by atoms with Crippen LogP contribution in [0.2, 0.25) is 0 Å². The quantitative estimate of drug-likeness (QED) is 0.602. The van der Waals surface area contributed by atoms with Crippen LogP contribution in [-0.2, 0) is 24.7 Å². The molecular weight excluding hydrogens is 258 g/mol. The summed E-state index contributed by atoms with van der Waals surface area (Å²) in [7, 11) is -7.27. The summed E-state index contributed by atoms with van der Waals surface area (Å²) < 4.78 is 46.1. The van der Waals surface area contributed by atoms with Crippen LogP contribution in [0.25, 0.3) is 0 Å². The number of hydrogen-bond acceptors (Lipinski definition) is 5. The molecule has 0 aromatic carbocycles. The van der Waals surface area contributed by atoms with E-state index in [2.05, 4.69) is 0 Å². The van der Waals surface area contributed by atoms with Gasteiger partial charge >= 0.3 is 5.97 Å². The van der Waals surface area contributed by atoms with E-state index in [0.717, 1.165) is 6.26 Å². The zero-order chi connectivity index (χ0) is 13.0. The third kappa shape index (κ3) is 6.75. The first-order chi connectivity index (χ1) is 7.07. The Balaban J connectivity index is 4.52. The fourth-order valence-electron chi connectivity index (χ4n) is 0.845. The van der Waals surface area contributed by atoms with Crippen LogP contribution in [0, 0.1) is 0 Å². The number of sulfone groups is 1. The topological polar surface area (TPSA) is 118 Å². The summed E-state index contributed by atoms with van der Waals surface area (Å²) in [6, 6.07) is -1.22. The number of nitrogens with one attached hydrogen (secondary N) is 1. The average molecular weight is 273 g/mol. The molecule has 0 unspecified atom stereocenters. The summed E-state index contributed by atoms with van der Waals surface area (Å²) in [6.45, 7) is 1.51. The molecule has 9 heteroatoms. The molecule has 7 nitrogen and oxygen atoms in total. The molecule has 0 amide bonds. The lowest BCUT2D eigenvalue weighted by Gasteiger charge is -2.12. The van der Waals surface area contributed by atoms with Gasteiger partial charge in [0.1, 0.15) is 15.9 Å². The maximum absolute atomic E-state index is 11.3. The first kappa shape index (κ1) is 15.3. The second kappa shape index (κ2) is 5.60. The highest BCUT2D eigenvalue weighted by Gasteiger charge is 2.23. The molecule has 0 saturated heterocycles. The number of hydrogen-bond donors (Lipinski definition) is 2. The van der Waals surface area contributed by atoms with Crippen LogP contribution in [0.4, 0.5) is 0 Å². The van der Waals surface area contributed by atoms with Crippen LogP contribution in [0.15, 0.2) is 0 Å². The molecule has 2 N–H and O–H groups in total. The van der Waals surface area contributed by atoms with Crippen molar-refractivity contribution in [3.05, 3.63) is 0 Å². The van der Waals surface area contributed by atoms with Gasteiger partial charge in [0, 0.05) is 6.26 Å². The standard InChI is InChI=1S/C7H15NO6S2/c1-3-6(7(9)10)8-16(13,14)5-4-15(2,11)12/h6,8H,3-5H2,1-2H3,(H,9,10)/t6-/m1/s1. The highest BCUT2D eigenvalue weighted by molar-refractivity contribution is 7.93. The predicted molar refractivity (Wildman–Crippen MR) is 58.3 cm³/mol. The minimum absolute atomic E-state index is 0.0907. The molecule has 0 aliphatic heterocycles. The van der Waals surface area contributed by atoms with Gasteiger partial charge in [-0.15, -0.1) is 0 Å². The van der Waals surface area contributed by atoms with Crippen molar-refractivity contribution in [3.63, 3.8) is 0 Å². The third-order valence-electron chi connectivity index (χ3n) is 1.75. The van der Waals surface area contributed by atoms with Crippen molar-refractivity contribution in [1.82, 2.24) is 4.72 Å². The van der Waals surface area contributed by atoms with E-state index in [-0.39, 0.29) is 6.42 Å². The van der Waals surface area contributed by atoms with Crippen LogP contribution < -0.4 is 4.72 Å². The zero-order valence-corrected chi connectivity index (χ0v) is 10.6. The van der Waals surface area contributed by atoms with E-state index in [1.165, 1.54) is 6.92 Å². The highest BCUT2D eigenvalue weighted by Crippen LogP contribution is 1.97. The molecule has 0 aromatic heterocycles. The lowest BCUT2D eigenvalue weighted by Crippen LogP contribution is -2.42. The molecule has 0 aromatic rings. The van der Waals surface area contributed by atoms with Crippen molar-refractivity contribution in [1.29, 1.82) is 0 Å². The van der Waals surface area contributed by atoms with Gasteiger partial charge in [0.2, 0.25) is 10.0 Å². The Kier molecular flexibility index (Phi) is 5.36. The number of sulfonamides is 1. The first-order valence-corrected chi connectivity index (χ1v) is 8.19. The summed E-state index contributed by atoms with van der Waals surface area (Å²) in [5.74, 6) is -2.45. The van der Waals surface area contributed by atoms with E-state index in [9.17, 15) is 21.6 Å². The van der Waals surface area contributed by atoms with Crippen LogP contribution in [0.1, 0.15) is 13.3 Å². The van der Waals surface area contributed by atoms with Crippen molar-refractivity contribution in [2.24, 2.45) is 0 Å². The third-order valence-corrected chi connectivity index (χ3v) is 4.34. The lowest BCUT2D eigenvalue weighted by molar-refractivity contribution is -0.139. The Morgan fingerprint density at radius 1 is 1.25 bits per heavy atom. The van der Waals surface area contributed by atoms with E-state index in [4.69, 9.17) is 5.11 Å². The molecule has 0 heterocycles. The van der Waals surface area contributed by atoms with Crippen molar-refractivity contribution in [3.8, 4) is 0 Å². The maximum atomic E-state index is 11.3. The Labute approximate surface area is 94.8 Å². The average Bonchev–Trinajstić information content (AvgIpc) is 2.10. The fourth-order valence-corrected chi connectivity index (χ4v) is 3.75. The van der Waals surface area contributed by atoms with Gasteiger partial charge in [-0.2, -0.15) is 0 Å². The highest BCUT2D eigenvalue weighted by atomic mass is 32.2. The molecule has 0 saturated carbocycles. The molecule has 0 aliphatic rings. The summed E-state index contributed by atoms with van der Waals surface area (Å²) in [5.41, 5.74) is 0. The number of carboxylic acids is 1. The van der Waals surface area contributed by atoms with Crippen molar-refractivity contribution in [2.45, 2.75) is 19.4 Å². The Morgan fingerprint density at radius 3 is 2.06 bits per heavy atom. The van der Waals surface area contributed by atoms with Gasteiger partial charge in [0.05, 0.1) is 11.5 Å². The molecule has 0 radical (unpaired) electrons. The number of rotatable bonds is 7. The molecule has 0 spiro atoms. The smallest absolute Gasteiger partial charge is 0.321 e. The molecule has 0 aliphatic carbocycles. The molecule has 0 rings (SSSR count). The summed E-state index contributed by atoms with van der Waals surface area (Å²) in [5, 5.41) is 8.62. The van der Waals surface area contributed by atoms with Gasteiger partial charge in [-0.25, -0.2) is 21.6 Å². The van der Waals surface area contributed by atoms with Crippen molar-refractivity contribution < 1.29 is 26.7 Å². The SMILES string of the molecule is CC[C@@H](NS(=O)(=O)CCS(C)(=O)=O)C(=O)O. The van der Waals surface area contributed by atoms with Crippen molar-refractivity contribution >= 4 is 25.8 Å². The summed E-state index contributed by atoms with van der Waals surface area (Å²) in [4.78, 5) is 10.6. The lowest BCUT2D eigenvalue weighted by atomic mass is 10.2. The number of aliphatic carboxylic acids is 1. The minimum Gasteiger partial charge on any atom is -0.480 e. The monoisotopic (exact) mass is 273 g/mol. The van der Waals surface area contributed by atoms with E-state index in [0.29, 0.717) is 0 Å². The molecule has 96 valence electrons. The molecule has 0 bridgehead atoms. The van der Waals surface area contributed by atoms with Gasteiger partial charge in [-0.3, -0.25) is 4.79 Å². The summed E-state index contributed by atoms with van der Waals surface area (Å²) >= 11 is 0. The van der Waals surface area contributed by atoms with E-state index >= 15 is 0 Å². The zero-order valence-electron chi connectivity index (χ0n) is 9.00. The Hall–Kier alpha value is -0.670. The second-order valence-electron chi connectivity index (χ2n) is 3.37. The van der Waals surface area contributed by atoms with Gasteiger partial charge < -0.3 is 5.11 Å². The second-order valence-corrected chi connectivity index (χ2v) is 7.50. The fraction of sp³-hybridized carbons (Fsp3) is 0.857. The van der Waals surface area contributed by atoms with Gasteiger partial charge in [0.25, 0.3) is 0 Å². The van der Waals surface area contributed by atoms with E-state index < -0.39 is 43.4 Å². The molecular formula is C7H15NO6S2. The Bertz CT molecular complexity index is 437. The van der Waals surface area contributed by atoms with Gasteiger partial charge in [-0.05, 0) is 6.42 Å². The molecule has 1 atom stereocenters. The van der Waals surface area contributed by atoms with E-state index in [1.54, 1.807) is 0 Å². The largest absolute Gasteiger partial charge is 0.480 e. The minimum atomic E-state index is -3.88. The first-order valence-electron chi connectivity index (χ1n) is 4.48. The van der Waals surface area contributed by atoms with Gasteiger partial charge in [0.15, 0.2) is 0 Å². The van der Waals surface area contributed by atoms with Crippen LogP contribution >= 0.6 is 0 Å². The number of carboxylic acid groups (broad SMARTS) is 1. The summed E-state index contributed by atoms with van der Waals surface area (Å²) in [6.07, 6.45) is 1.00. The number of carbonyl (C=O) groups is 1. The van der Waals surface area contributed by atoms with Gasteiger partial charge in [-0.1, -0.05) is 6.92 Å². The normalized spacial score (nSPS) is 14.6. The van der Waals surface area contributed by atoms with Crippen molar-refractivity contribution in [2.75, 3.05) is 17.8 Å².